The summed E-state index contributed by atoms with van der Waals surface area (Å²) >= 11 is 0. The van der Waals surface area contributed by atoms with Gasteiger partial charge < -0.3 is 10.1 Å². The van der Waals surface area contributed by atoms with Crippen molar-refractivity contribution in [3.63, 3.8) is 0 Å². The van der Waals surface area contributed by atoms with E-state index in [2.05, 4.69) is 26.1 Å². The van der Waals surface area contributed by atoms with E-state index in [1.165, 1.54) is 4.68 Å². The number of nitrogens with zero attached hydrogens (tertiary/aromatic N) is 2. The molecule has 0 radical (unpaired) electrons. The Kier molecular flexibility index (Phi) is 5.64. The van der Waals surface area contributed by atoms with Crippen molar-refractivity contribution in [2.45, 2.75) is 33.1 Å². The van der Waals surface area contributed by atoms with Gasteiger partial charge in [0.1, 0.15) is 11.4 Å². The van der Waals surface area contributed by atoms with Crippen LogP contribution in [0, 0.1) is 6.92 Å². The monoisotopic (exact) mass is 393 g/mol. The first-order valence-electron chi connectivity index (χ1n) is 9.56. The molecule has 0 fully saturated rings. The van der Waals surface area contributed by atoms with Crippen LogP contribution in [0.3, 0.4) is 0 Å². The summed E-state index contributed by atoms with van der Waals surface area (Å²) in [5.74, 6) is 0.293. The molecule has 29 heavy (non-hydrogen) atoms. The second-order valence-corrected chi connectivity index (χ2v) is 8.02. The molecule has 0 saturated carbocycles. The lowest BCUT2D eigenvalue weighted by molar-refractivity contribution is -0.118. The van der Waals surface area contributed by atoms with E-state index in [-0.39, 0.29) is 29.2 Å². The van der Waals surface area contributed by atoms with E-state index in [1.54, 1.807) is 18.7 Å². The van der Waals surface area contributed by atoms with Gasteiger partial charge in [-0.15, -0.1) is 0 Å². The zero-order valence-corrected chi connectivity index (χ0v) is 17.5. The number of nitrogens with one attached hydrogen (secondary N) is 1. The van der Waals surface area contributed by atoms with Gasteiger partial charge in [-0.05, 0) is 36.1 Å². The predicted octanol–water partition coefficient (Wildman–Crippen LogP) is 3.80. The van der Waals surface area contributed by atoms with E-state index >= 15 is 0 Å². The van der Waals surface area contributed by atoms with Crippen LogP contribution < -0.4 is 15.6 Å². The van der Waals surface area contributed by atoms with Gasteiger partial charge in [0, 0.05) is 7.05 Å². The summed E-state index contributed by atoms with van der Waals surface area (Å²) in [4.78, 5) is 25.4. The highest BCUT2D eigenvalue weighted by molar-refractivity contribution is 5.92. The quantitative estimate of drug-likeness (QED) is 0.717. The molecule has 0 atom stereocenters. The molecule has 0 aliphatic rings. The number of hydrogen-bond donors (Lipinski definition) is 1. The Morgan fingerprint density at radius 1 is 1.03 bits per heavy atom. The third-order valence-electron chi connectivity index (χ3n) is 4.87. The number of aromatic nitrogens is 2. The van der Waals surface area contributed by atoms with E-state index in [9.17, 15) is 9.59 Å². The average Bonchev–Trinajstić information content (AvgIpc) is 2.90. The highest BCUT2D eigenvalue weighted by atomic mass is 16.5. The largest absolute Gasteiger partial charge is 0.483 e. The van der Waals surface area contributed by atoms with Crippen molar-refractivity contribution < 1.29 is 9.53 Å². The number of ether oxygens (including phenoxy) is 1. The number of rotatable bonds is 5. The van der Waals surface area contributed by atoms with Crippen molar-refractivity contribution in [2.24, 2.45) is 7.05 Å². The Labute approximate surface area is 170 Å². The zero-order chi connectivity index (χ0) is 21.2. The van der Waals surface area contributed by atoms with Gasteiger partial charge in [0.2, 0.25) is 0 Å². The van der Waals surface area contributed by atoms with Crippen LogP contribution in [0.15, 0.2) is 59.4 Å². The Morgan fingerprint density at radius 3 is 2.31 bits per heavy atom. The van der Waals surface area contributed by atoms with Crippen LogP contribution >= 0.6 is 0 Å². The summed E-state index contributed by atoms with van der Waals surface area (Å²) in [6, 6.07) is 17.0. The number of carbonyl (C=O) groups is 1. The molecule has 0 spiro atoms. The van der Waals surface area contributed by atoms with E-state index in [4.69, 9.17) is 4.74 Å². The number of anilines is 1. The van der Waals surface area contributed by atoms with E-state index in [1.807, 2.05) is 54.6 Å². The minimum atomic E-state index is -0.375. The summed E-state index contributed by atoms with van der Waals surface area (Å²) in [5.41, 5.74) is 2.30. The maximum absolute atomic E-state index is 12.9. The lowest BCUT2D eigenvalue weighted by Gasteiger charge is -2.22. The summed E-state index contributed by atoms with van der Waals surface area (Å²) in [7, 11) is 1.79. The van der Waals surface area contributed by atoms with Gasteiger partial charge in [-0.2, -0.15) is 0 Å². The zero-order valence-electron chi connectivity index (χ0n) is 17.5. The fourth-order valence-electron chi connectivity index (χ4n) is 3.24. The smallest absolute Gasteiger partial charge is 0.295 e. The van der Waals surface area contributed by atoms with Crippen molar-refractivity contribution in [3.8, 4) is 11.4 Å². The summed E-state index contributed by atoms with van der Waals surface area (Å²) in [5, 5.41) is 2.72. The highest BCUT2D eigenvalue weighted by Crippen LogP contribution is 2.30. The van der Waals surface area contributed by atoms with E-state index in [0.717, 1.165) is 11.3 Å². The molecule has 152 valence electrons. The third kappa shape index (κ3) is 4.26. The van der Waals surface area contributed by atoms with Crippen molar-refractivity contribution in [1.82, 2.24) is 9.36 Å². The van der Waals surface area contributed by atoms with Gasteiger partial charge in [0.25, 0.3) is 11.5 Å². The molecular formula is C23H27N3O3. The fraction of sp³-hybridized carbons (Fsp3) is 0.304. The molecule has 2 aromatic carbocycles. The first-order valence-corrected chi connectivity index (χ1v) is 9.56. The van der Waals surface area contributed by atoms with Crippen LogP contribution in [0.25, 0.3) is 5.69 Å². The molecule has 3 aromatic rings. The molecule has 0 unspecified atom stereocenters. The minimum Gasteiger partial charge on any atom is -0.483 e. The summed E-state index contributed by atoms with van der Waals surface area (Å²) in [6.07, 6.45) is 0. The van der Waals surface area contributed by atoms with Crippen molar-refractivity contribution in [3.05, 3.63) is 76.2 Å². The lowest BCUT2D eigenvalue weighted by Crippen LogP contribution is -2.26. The molecular weight excluding hydrogens is 366 g/mol. The molecule has 3 rings (SSSR count). The molecule has 6 heteroatoms. The predicted molar refractivity (Wildman–Crippen MR) is 115 cm³/mol. The Bertz CT molecular complexity index is 1070. The van der Waals surface area contributed by atoms with E-state index < -0.39 is 0 Å². The van der Waals surface area contributed by atoms with Gasteiger partial charge in [-0.3, -0.25) is 14.3 Å². The molecule has 0 aliphatic heterocycles. The molecule has 1 N–H and O–H groups in total. The molecule has 0 saturated heterocycles. The number of benzene rings is 2. The van der Waals surface area contributed by atoms with Crippen LogP contribution in [0.2, 0.25) is 0 Å². The van der Waals surface area contributed by atoms with Gasteiger partial charge in [0.05, 0.1) is 11.4 Å². The van der Waals surface area contributed by atoms with Crippen LogP contribution in [0.5, 0.6) is 5.75 Å². The van der Waals surface area contributed by atoms with Crippen LogP contribution in [0.1, 0.15) is 32.0 Å². The summed E-state index contributed by atoms with van der Waals surface area (Å²) < 4.78 is 9.03. The second-order valence-electron chi connectivity index (χ2n) is 8.02. The van der Waals surface area contributed by atoms with Crippen LogP contribution in [0.4, 0.5) is 5.69 Å². The second kappa shape index (κ2) is 7.99. The van der Waals surface area contributed by atoms with Crippen LogP contribution in [-0.4, -0.2) is 21.9 Å². The summed E-state index contributed by atoms with van der Waals surface area (Å²) in [6.45, 7) is 7.90. The Morgan fingerprint density at radius 2 is 1.66 bits per heavy atom. The SMILES string of the molecule is Cc1c(NC(=O)COc2ccccc2C(C)(C)C)c(=O)n(-c2ccccc2)n1C. The molecule has 1 heterocycles. The third-order valence-corrected chi connectivity index (χ3v) is 4.87. The fourth-order valence-corrected chi connectivity index (χ4v) is 3.24. The van der Waals surface area contributed by atoms with Crippen molar-refractivity contribution >= 4 is 11.6 Å². The number of hydrogen-bond acceptors (Lipinski definition) is 3. The number of carbonyl (C=O) groups excluding carboxylic acids is 1. The highest BCUT2D eigenvalue weighted by Gasteiger charge is 2.21. The minimum absolute atomic E-state index is 0.105. The molecule has 6 nitrogen and oxygen atoms in total. The number of amides is 1. The maximum atomic E-state index is 12.9. The van der Waals surface area contributed by atoms with Gasteiger partial charge in [-0.1, -0.05) is 57.2 Å². The molecule has 0 bridgehead atoms. The molecule has 1 aromatic heterocycles. The number of para-hydroxylation sites is 2. The van der Waals surface area contributed by atoms with Crippen LogP contribution in [-0.2, 0) is 17.3 Å². The molecule has 1 amide bonds. The van der Waals surface area contributed by atoms with E-state index in [0.29, 0.717) is 11.4 Å². The first-order chi connectivity index (χ1) is 13.7. The standard InChI is InChI=1S/C23H27N3O3/c1-16-21(22(28)26(25(16)5)17-11-7-6-8-12-17)24-20(27)15-29-19-14-10-9-13-18(19)23(2,3)4/h6-14H,15H2,1-5H3,(H,24,27). The first kappa shape index (κ1) is 20.5. The normalized spacial score (nSPS) is 11.3. The average molecular weight is 393 g/mol. The topological polar surface area (TPSA) is 65.3 Å². The molecule has 0 aliphatic carbocycles. The Balaban J connectivity index is 1.79. The van der Waals surface area contributed by atoms with Crippen molar-refractivity contribution in [2.75, 3.05) is 11.9 Å². The van der Waals surface area contributed by atoms with Crippen molar-refractivity contribution in [1.29, 1.82) is 0 Å². The van der Waals surface area contributed by atoms with Gasteiger partial charge in [0.15, 0.2) is 6.61 Å². The maximum Gasteiger partial charge on any atom is 0.295 e. The van der Waals surface area contributed by atoms with Gasteiger partial charge >= 0.3 is 0 Å². The van der Waals surface area contributed by atoms with Gasteiger partial charge in [-0.25, -0.2) is 4.68 Å². The lowest BCUT2D eigenvalue weighted by atomic mass is 9.86. The Hall–Kier alpha value is -3.28.